The molecule has 6 fully saturated rings. The van der Waals surface area contributed by atoms with Crippen LogP contribution < -0.4 is 10.6 Å². The molecule has 2 amide bonds. The zero-order valence-corrected chi connectivity index (χ0v) is 37.2. The highest BCUT2D eigenvalue weighted by Crippen LogP contribution is 2.77. The summed E-state index contributed by atoms with van der Waals surface area (Å²) in [6.07, 6.45) is 14.1. The van der Waals surface area contributed by atoms with Crippen LogP contribution in [0.5, 0.6) is 0 Å². The highest BCUT2D eigenvalue weighted by Gasteiger charge is 2.72. The molecule has 328 valence electrons. The Kier molecular flexibility index (Phi) is 11.4. The van der Waals surface area contributed by atoms with Crippen LogP contribution in [0.4, 0.5) is 0 Å². The molecular weight excluding hydrogens is 753 g/mol. The molecule has 5 aliphatic carbocycles. The van der Waals surface area contributed by atoms with Gasteiger partial charge < -0.3 is 30.9 Å². The first-order chi connectivity index (χ1) is 28.4. The van der Waals surface area contributed by atoms with Crippen LogP contribution in [0.1, 0.15) is 151 Å². The fourth-order valence-corrected chi connectivity index (χ4v) is 15.5. The van der Waals surface area contributed by atoms with Crippen LogP contribution in [0, 0.1) is 56.7 Å². The van der Waals surface area contributed by atoms with Crippen molar-refractivity contribution < 1.29 is 29.7 Å². The van der Waals surface area contributed by atoms with Crippen molar-refractivity contribution in [2.24, 2.45) is 56.7 Å². The third-order valence-corrected chi connectivity index (χ3v) is 18.8. The molecule has 0 radical (unpaired) electrons. The molecule has 10 nitrogen and oxygen atoms in total. The molecule has 1 aromatic heterocycles. The van der Waals surface area contributed by atoms with E-state index >= 15 is 4.79 Å². The monoisotopic (exact) mass is 825 g/mol. The van der Waals surface area contributed by atoms with Crippen molar-refractivity contribution in [3.63, 3.8) is 0 Å². The first kappa shape index (κ1) is 43.3. The van der Waals surface area contributed by atoms with Crippen LogP contribution in [-0.4, -0.2) is 80.9 Å². The molecule has 11 atom stereocenters. The fourth-order valence-electron chi connectivity index (χ4n) is 15.5. The molecule has 0 spiro atoms. The van der Waals surface area contributed by atoms with Crippen molar-refractivity contribution in [1.82, 2.24) is 20.5 Å². The number of aromatic nitrogens is 1. The lowest BCUT2D eigenvalue weighted by Crippen LogP contribution is -2.68. The summed E-state index contributed by atoms with van der Waals surface area (Å²) in [5.74, 6) is 0.421. The molecule has 1 aromatic carbocycles. The number of aromatic carboxylic acids is 1. The maximum absolute atomic E-state index is 15.0. The lowest BCUT2D eigenvalue weighted by Gasteiger charge is -2.73. The first-order valence-electron chi connectivity index (χ1n) is 23.3. The van der Waals surface area contributed by atoms with Crippen LogP contribution in [-0.2, 0) is 17.8 Å². The van der Waals surface area contributed by atoms with Crippen molar-refractivity contribution in [3.05, 3.63) is 65.0 Å². The minimum atomic E-state index is -1.05. The van der Waals surface area contributed by atoms with Gasteiger partial charge in [0.15, 0.2) is 0 Å². The van der Waals surface area contributed by atoms with Gasteiger partial charge in [-0.3, -0.25) is 14.6 Å². The van der Waals surface area contributed by atoms with E-state index in [1.807, 2.05) is 18.2 Å². The van der Waals surface area contributed by atoms with Crippen LogP contribution >= 0.6 is 0 Å². The van der Waals surface area contributed by atoms with E-state index in [1.165, 1.54) is 25.1 Å². The number of pyridine rings is 1. The summed E-state index contributed by atoms with van der Waals surface area (Å²) >= 11 is 0. The maximum Gasteiger partial charge on any atom is 0.337 e. The number of nitrogens with zero attached hydrogens (tertiary/aromatic N) is 2. The van der Waals surface area contributed by atoms with Gasteiger partial charge in [-0.05, 0) is 185 Å². The van der Waals surface area contributed by atoms with Crippen molar-refractivity contribution in [2.75, 3.05) is 26.2 Å². The summed E-state index contributed by atoms with van der Waals surface area (Å²) in [5.41, 5.74) is 0.977. The van der Waals surface area contributed by atoms with Crippen molar-refractivity contribution in [3.8, 4) is 0 Å². The number of nitrogens with one attached hydrogen (secondary N) is 2. The van der Waals surface area contributed by atoms with E-state index in [9.17, 15) is 19.8 Å². The van der Waals surface area contributed by atoms with E-state index in [4.69, 9.17) is 5.11 Å². The quantitative estimate of drug-likeness (QED) is 0.155. The number of rotatable bonds is 11. The van der Waals surface area contributed by atoms with Gasteiger partial charge in [-0.1, -0.05) is 46.8 Å². The number of carbonyl (C=O) groups excluding carboxylic acids is 2. The number of carboxylic acids is 1. The lowest BCUT2D eigenvalue weighted by atomic mass is 9.32. The molecule has 1 aliphatic heterocycles. The Hall–Kier alpha value is -3.34. The van der Waals surface area contributed by atoms with E-state index in [0.717, 1.165) is 82.9 Å². The fraction of sp³-hybridized carbons (Fsp3) is 0.720. The molecule has 2 heterocycles. The van der Waals surface area contributed by atoms with Gasteiger partial charge in [-0.15, -0.1) is 0 Å². The second-order valence-corrected chi connectivity index (χ2v) is 21.9. The highest BCUT2D eigenvalue weighted by molar-refractivity contribution is 5.94. The topological polar surface area (TPSA) is 152 Å². The largest absolute Gasteiger partial charge is 0.478 e. The van der Waals surface area contributed by atoms with Gasteiger partial charge in [-0.2, -0.15) is 0 Å². The predicted molar refractivity (Wildman–Crippen MR) is 232 cm³/mol. The molecular formula is C50H72N4O6. The number of hydrogen-bond acceptors (Lipinski definition) is 7. The molecule has 5 unspecified atom stereocenters. The normalized spacial score (nSPS) is 38.1. The second-order valence-electron chi connectivity index (χ2n) is 21.9. The van der Waals surface area contributed by atoms with Gasteiger partial charge in [0.2, 0.25) is 5.91 Å². The van der Waals surface area contributed by atoms with E-state index in [2.05, 4.69) is 62.1 Å². The Labute approximate surface area is 358 Å². The molecule has 60 heavy (non-hydrogen) atoms. The maximum atomic E-state index is 15.0. The molecule has 8 rings (SSSR count). The standard InChI is InChI=1S/C50H72N4O6/c1-45(2)38-17-21-48(5)39(46(38,3)20-18-40(45)55)15-14-36-41-37(49(6,60)31-54-26-7-8-27-54)16-22-50(41,24-23-47(36,48)4)44(59)51-25-19-32-10-9-11-33(28-32)42(56)53-30-35-13-12-34(29-52-35)43(57)58/h9-13,28-29,36-41,55,60H,7-8,14-27,30-31H2,1-6H3,(H,51,59)(H,53,56)(H,57,58)/t36?,37-,38?,39?,40+,41?,46+,47-,48-,49?,50+/m1/s1. The molecule has 0 bridgehead atoms. The van der Waals surface area contributed by atoms with Crippen molar-refractivity contribution in [1.29, 1.82) is 0 Å². The number of likely N-dealkylation sites (tertiary alicyclic amines) is 1. The van der Waals surface area contributed by atoms with Crippen LogP contribution in [0.3, 0.4) is 0 Å². The summed E-state index contributed by atoms with van der Waals surface area (Å²) in [5, 5.41) is 39.3. The Morgan fingerprint density at radius 3 is 2.33 bits per heavy atom. The molecule has 5 saturated carbocycles. The minimum Gasteiger partial charge on any atom is -0.478 e. The number of amides is 2. The van der Waals surface area contributed by atoms with Gasteiger partial charge in [-0.25, -0.2) is 4.79 Å². The SMILES string of the molecule is CC(O)(CN1CCCC1)[C@@H]1CC[C@]2(C(=O)NCCc3cccc(C(=O)NCc4ccc(C(=O)O)cn4)c3)CC[C@]3(C)C(CCC4[C@@]5(C)CC[C@H](O)C(C)(C)C5CC[C@]43C)C12. The van der Waals surface area contributed by atoms with Crippen molar-refractivity contribution >= 4 is 17.8 Å². The summed E-state index contributed by atoms with van der Waals surface area (Å²) < 4.78 is 0. The molecule has 1 saturated heterocycles. The molecule has 10 heteroatoms. The molecule has 2 aromatic rings. The lowest BCUT2D eigenvalue weighted by molar-refractivity contribution is -0.251. The predicted octanol–water partition coefficient (Wildman–Crippen LogP) is 7.66. The number of aliphatic hydroxyl groups is 2. The number of benzene rings is 1. The number of aliphatic hydroxyl groups excluding tert-OH is 1. The molecule has 5 N–H and O–H groups in total. The van der Waals surface area contributed by atoms with E-state index < -0.39 is 17.0 Å². The summed E-state index contributed by atoms with van der Waals surface area (Å²) in [6, 6.07) is 10.6. The van der Waals surface area contributed by atoms with Crippen LogP contribution in [0.15, 0.2) is 42.6 Å². The van der Waals surface area contributed by atoms with Gasteiger partial charge in [0.25, 0.3) is 5.91 Å². The summed E-state index contributed by atoms with van der Waals surface area (Å²) in [4.78, 5) is 45.9. The number of β-amino-alcohol motifs (C(OH)–C–C–N with tert-alkyl or cyclic N) is 1. The Balaban J connectivity index is 1.00. The number of hydrogen-bond donors (Lipinski definition) is 5. The zero-order chi connectivity index (χ0) is 42.9. The van der Waals surface area contributed by atoms with Crippen LogP contribution in [0.2, 0.25) is 0 Å². The average Bonchev–Trinajstić information content (AvgIpc) is 3.88. The Morgan fingerprint density at radius 1 is 0.850 bits per heavy atom. The highest BCUT2D eigenvalue weighted by atomic mass is 16.4. The second kappa shape index (κ2) is 15.8. The third kappa shape index (κ3) is 7.12. The minimum absolute atomic E-state index is 0.0455. The van der Waals surface area contributed by atoms with Crippen LogP contribution in [0.25, 0.3) is 0 Å². The summed E-state index contributed by atoms with van der Waals surface area (Å²) in [6.45, 7) is 17.9. The van der Waals surface area contributed by atoms with E-state index in [0.29, 0.717) is 48.5 Å². The van der Waals surface area contributed by atoms with Gasteiger partial charge >= 0.3 is 5.97 Å². The van der Waals surface area contributed by atoms with E-state index in [-0.39, 0.29) is 63.5 Å². The summed E-state index contributed by atoms with van der Waals surface area (Å²) in [7, 11) is 0. The number of fused-ring (bicyclic) bond motifs is 7. The van der Waals surface area contributed by atoms with Crippen molar-refractivity contribution in [2.45, 2.75) is 143 Å². The molecule has 6 aliphatic rings. The smallest absolute Gasteiger partial charge is 0.337 e. The Morgan fingerprint density at radius 2 is 1.62 bits per heavy atom. The van der Waals surface area contributed by atoms with E-state index in [1.54, 1.807) is 12.1 Å². The van der Waals surface area contributed by atoms with Gasteiger partial charge in [0.1, 0.15) is 0 Å². The first-order valence-corrected chi connectivity index (χ1v) is 23.3. The third-order valence-electron chi connectivity index (χ3n) is 18.8. The van der Waals surface area contributed by atoms with Gasteiger partial charge in [0, 0.05) is 24.8 Å². The number of carboxylic acid groups (broad SMARTS) is 1. The zero-order valence-electron chi connectivity index (χ0n) is 37.2. The Bertz CT molecular complexity index is 1940. The number of carbonyl (C=O) groups is 3. The van der Waals surface area contributed by atoms with Gasteiger partial charge in [0.05, 0.1) is 34.9 Å². The average molecular weight is 825 g/mol.